The van der Waals surface area contributed by atoms with Crippen molar-refractivity contribution in [3.63, 3.8) is 0 Å². The van der Waals surface area contributed by atoms with E-state index in [4.69, 9.17) is 4.74 Å². The van der Waals surface area contributed by atoms with Crippen LogP contribution in [0.15, 0.2) is 42.5 Å². The summed E-state index contributed by atoms with van der Waals surface area (Å²) in [6.45, 7) is 3.65. The largest absolute Gasteiger partial charge is 0.497 e. The molecule has 6 nitrogen and oxygen atoms in total. The normalized spacial score (nSPS) is 12.3. The van der Waals surface area contributed by atoms with Crippen LogP contribution in [0.5, 0.6) is 5.75 Å². The highest BCUT2D eigenvalue weighted by atomic mass is 32.2. The lowest BCUT2D eigenvalue weighted by Crippen LogP contribution is -2.26. The van der Waals surface area contributed by atoms with Crippen molar-refractivity contribution in [3.05, 3.63) is 59.2 Å². The van der Waals surface area contributed by atoms with Gasteiger partial charge in [-0.3, -0.25) is 9.52 Å². The SMILES string of the molecule is COc1ccc([C@@H](C)NC(=O)c2ccc(C)c(NS(C)(=O)=O)c2)cc1. The number of hydrogen-bond acceptors (Lipinski definition) is 4. The quantitative estimate of drug-likeness (QED) is 0.827. The molecule has 0 bridgehead atoms. The van der Waals surface area contributed by atoms with Gasteiger partial charge in [-0.25, -0.2) is 8.42 Å². The van der Waals surface area contributed by atoms with Crippen LogP contribution in [0.1, 0.15) is 34.5 Å². The minimum Gasteiger partial charge on any atom is -0.497 e. The number of aryl methyl sites for hydroxylation is 1. The Kier molecular flexibility index (Phi) is 5.69. The van der Waals surface area contributed by atoms with E-state index in [2.05, 4.69) is 10.0 Å². The summed E-state index contributed by atoms with van der Waals surface area (Å²) < 4.78 is 30.4. The Morgan fingerprint density at radius 3 is 2.32 bits per heavy atom. The smallest absolute Gasteiger partial charge is 0.251 e. The fourth-order valence-corrected chi connectivity index (χ4v) is 2.95. The standard InChI is InChI=1S/C18H22N2O4S/c1-12-5-6-15(11-17(12)20-25(4,22)23)18(21)19-13(2)14-7-9-16(24-3)10-8-14/h5-11,13,20H,1-4H3,(H,19,21)/t13-/m1/s1. The molecule has 2 aromatic carbocycles. The van der Waals surface area contributed by atoms with Gasteiger partial charge in [-0.05, 0) is 49.2 Å². The molecular weight excluding hydrogens is 340 g/mol. The average molecular weight is 362 g/mol. The third kappa shape index (κ3) is 5.22. The summed E-state index contributed by atoms with van der Waals surface area (Å²) >= 11 is 0. The number of rotatable bonds is 6. The Labute approximate surface area is 148 Å². The Balaban J connectivity index is 2.15. The van der Waals surface area contributed by atoms with Crippen molar-refractivity contribution in [1.82, 2.24) is 5.32 Å². The number of carbonyl (C=O) groups excluding carboxylic acids is 1. The summed E-state index contributed by atoms with van der Waals surface area (Å²) in [5.74, 6) is 0.470. The van der Waals surface area contributed by atoms with Gasteiger partial charge in [-0.15, -0.1) is 0 Å². The second-order valence-electron chi connectivity index (χ2n) is 5.87. The van der Waals surface area contributed by atoms with E-state index in [1.54, 1.807) is 26.2 Å². The third-order valence-electron chi connectivity index (χ3n) is 3.76. The number of benzene rings is 2. The molecule has 2 N–H and O–H groups in total. The van der Waals surface area contributed by atoms with Gasteiger partial charge in [-0.1, -0.05) is 18.2 Å². The molecule has 25 heavy (non-hydrogen) atoms. The Morgan fingerprint density at radius 2 is 1.76 bits per heavy atom. The summed E-state index contributed by atoms with van der Waals surface area (Å²) in [4.78, 5) is 12.5. The molecule has 1 amide bonds. The van der Waals surface area contributed by atoms with Crippen LogP contribution in [0.4, 0.5) is 5.69 Å². The maximum atomic E-state index is 12.5. The van der Waals surface area contributed by atoms with Crippen LogP contribution >= 0.6 is 0 Å². The topological polar surface area (TPSA) is 84.5 Å². The molecule has 0 heterocycles. The molecule has 0 saturated carbocycles. The van der Waals surface area contributed by atoms with Crippen LogP contribution in [0, 0.1) is 6.92 Å². The molecule has 0 spiro atoms. The number of nitrogens with one attached hydrogen (secondary N) is 2. The summed E-state index contributed by atoms with van der Waals surface area (Å²) in [6.07, 6.45) is 1.07. The third-order valence-corrected chi connectivity index (χ3v) is 4.35. The second kappa shape index (κ2) is 7.57. The molecule has 0 fully saturated rings. The van der Waals surface area contributed by atoms with E-state index in [0.29, 0.717) is 11.3 Å². The van der Waals surface area contributed by atoms with E-state index in [1.165, 1.54) is 6.07 Å². The van der Waals surface area contributed by atoms with Crippen molar-refractivity contribution in [2.45, 2.75) is 19.9 Å². The fourth-order valence-electron chi connectivity index (χ4n) is 2.33. The number of sulfonamides is 1. The Hall–Kier alpha value is -2.54. The lowest BCUT2D eigenvalue weighted by molar-refractivity contribution is 0.0940. The maximum Gasteiger partial charge on any atom is 0.251 e. The van der Waals surface area contributed by atoms with Gasteiger partial charge < -0.3 is 10.1 Å². The van der Waals surface area contributed by atoms with Crippen molar-refractivity contribution >= 4 is 21.6 Å². The molecule has 134 valence electrons. The molecule has 7 heteroatoms. The number of amides is 1. The average Bonchev–Trinajstić information content (AvgIpc) is 2.55. The second-order valence-corrected chi connectivity index (χ2v) is 7.62. The van der Waals surface area contributed by atoms with Gasteiger partial charge in [0.2, 0.25) is 10.0 Å². The van der Waals surface area contributed by atoms with Crippen LogP contribution in [-0.2, 0) is 10.0 Å². The van der Waals surface area contributed by atoms with Gasteiger partial charge in [0.25, 0.3) is 5.91 Å². The molecule has 0 aliphatic rings. The molecule has 2 aromatic rings. The Bertz CT molecular complexity index is 861. The summed E-state index contributed by atoms with van der Waals surface area (Å²) in [6, 6.07) is 12.1. The number of carbonyl (C=O) groups is 1. The van der Waals surface area contributed by atoms with E-state index in [0.717, 1.165) is 23.1 Å². The first kappa shape index (κ1) is 18.8. The zero-order chi connectivity index (χ0) is 18.6. The predicted octanol–water partition coefficient (Wildman–Crippen LogP) is 2.87. The van der Waals surface area contributed by atoms with Gasteiger partial charge in [0, 0.05) is 5.56 Å². The fraction of sp³-hybridized carbons (Fsp3) is 0.278. The minimum atomic E-state index is -3.41. The molecule has 0 radical (unpaired) electrons. The van der Waals surface area contributed by atoms with Crippen LogP contribution in [0.2, 0.25) is 0 Å². The van der Waals surface area contributed by atoms with Crippen molar-refractivity contribution in [1.29, 1.82) is 0 Å². The first-order valence-corrected chi connectivity index (χ1v) is 9.62. The van der Waals surface area contributed by atoms with Gasteiger partial charge >= 0.3 is 0 Å². The van der Waals surface area contributed by atoms with Gasteiger partial charge in [0.15, 0.2) is 0 Å². The first-order chi connectivity index (χ1) is 11.7. The van der Waals surface area contributed by atoms with E-state index >= 15 is 0 Å². The molecule has 0 aliphatic heterocycles. The summed E-state index contributed by atoms with van der Waals surface area (Å²) in [5, 5.41) is 2.90. The van der Waals surface area contributed by atoms with E-state index in [-0.39, 0.29) is 11.9 Å². The zero-order valence-corrected chi connectivity index (χ0v) is 15.5. The van der Waals surface area contributed by atoms with Crippen molar-refractivity contribution < 1.29 is 17.9 Å². The predicted molar refractivity (Wildman–Crippen MR) is 98.5 cm³/mol. The van der Waals surface area contributed by atoms with Gasteiger partial charge in [-0.2, -0.15) is 0 Å². The first-order valence-electron chi connectivity index (χ1n) is 7.73. The number of ether oxygens (including phenoxy) is 1. The van der Waals surface area contributed by atoms with Gasteiger partial charge in [0.05, 0.1) is 25.1 Å². The molecule has 0 aliphatic carbocycles. The van der Waals surface area contributed by atoms with Crippen molar-refractivity contribution in [3.8, 4) is 5.75 Å². The highest BCUT2D eigenvalue weighted by Crippen LogP contribution is 2.20. The van der Waals surface area contributed by atoms with Crippen LogP contribution < -0.4 is 14.8 Å². The lowest BCUT2D eigenvalue weighted by atomic mass is 10.1. The summed E-state index contributed by atoms with van der Waals surface area (Å²) in [5.41, 5.74) is 2.46. The van der Waals surface area contributed by atoms with Gasteiger partial charge in [0.1, 0.15) is 5.75 Å². The van der Waals surface area contributed by atoms with E-state index in [1.807, 2.05) is 31.2 Å². The van der Waals surface area contributed by atoms with Crippen molar-refractivity contribution in [2.24, 2.45) is 0 Å². The number of anilines is 1. The van der Waals surface area contributed by atoms with Crippen molar-refractivity contribution in [2.75, 3.05) is 18.1 Å². The highest BCUT2D eigenvalue weighted by Gasteiger charge is 2.14. The molecule has 0 aromatic heterocycles. The molecule has 1 atom stereocenters. The summed E-state index contributed by atoms with van der Waals surface area (Å²) in [7, 11) is -1.81. The minimum absolute atomic E-state index is 0.203. The van der Waals surface area contributed by atoms with E-state index in [9.17, 15) is 13.2 Å². The Morgan fingerprint density at radius 1 is 1.12 bits per heavy atom. The molecular formula is C18H22N2O4S. The van der Waals surface area contributed by atoms with Crippen LogP contribution in [0.25, 0.3) is 0 Å². The maximum absolute atomic E-state index is 12.5. The van der Waals surface area contributed by atoms with Crippen LogP contribution in [0.3, 0.4) is 0 Å². The number of hydrogen-bond donors (Lipinski definition) is 2. The lowest BCUT2D eigenvalue weighted by Gasteiger charge is -2.16. The zero-order valence-electron chi connectivity index (χ0n) is 14.7. The molecule has 0 unspecified atom stereocenters. The highest BCUT2D eigenvalue weighted by molar-refractivity contribution is 7.92. The van der Waals surface area contributed by atoms with Crippen LogP contribution in [-0.4, -0.2) is 27.7 Å². The molecule has 0 saturated heterocycles. The monoisotopic (exact) mass is 362 g/mol. The van der Waals surface area contributed by atoms with E-state index < -0.39 is 10.0 Å². The number of methoxy groups -OCH3 is 1. The molecule has 2 rings (SSSR count).